The molecule has 1 aromatic heterocycles. The smallest absolute Gasteiger partial charge is 0.325 e. The molecule has 1 N–H and O–H groups in total. The van der Waals surface area contributed by atoms with Crippen LogP contribution in [0.15, 0.2) is 22.7 Å². The third kappa shape index (κ3) is 3.80. The van der Waals surface area contributed by atoms with Crippen LogP contribution < -0.4 is 4.74 Å². The zero-order valence-electron chi connectivity index (χ0n) is 14.3. The number of carbonyl (C=O) groups is 1. The number of rotatable bonds is 8. The standard InChI is InChI=1S/C17H21N3O5/c1-20(10-14-18-13(19-25-14)7-8-23-2)15(17(21)22)12-5-3-4-11-6-9-24-16(11)12/h3-5,15H,6-10H2,1-2H3,(H,21,22)/t15-/m1/s1. The fourth-order valence-electron chi connectivity index (χ4n) is 2.97. The average Bonchev–Trinajstić information content (AvgIpc) is 3.22. The molecule has 0 radical (unpaired) electrons. The molecular weight excluding hydrogens is 326 g/mol. The van der Waals surface area contributed by atoms with Gasteiger partial charge in [0.25, 0.3) is 0 Å². The van der Waals surface area contributed by atoms with Gasteiger partial charge in [0.1, 0.15) is 11.8 Å². The summed E-state index contributed by atoms with van der Waals surface area (Å²) in [4.78, 5) is 17.8. The Morgan fingerprint density at radius 2 is 2.32 bits per heavy atom. The van der Waals surface area contributed by atoms with Crippen LogP contribution in [-0.4, -0.2) is 53.5 Å². The summed E-state index contributed by atoms with van der Waals surface area (Å²) in [6, 6.07) is 4.76. The van der Waals surface area contributed by atoms with E-state index in [0.29, 0.717) is 42.7 Å². The van der Waals surface area contributed by atoms with Crippen LogP contribution in [0.4, 0.5) is 0 Å². The van der Waals surface area contributed by atoms with E-state index in [4.69, 9.17) is 14.0 Å². The molecule has 1 aromatic carbocycles. The lowest BCUT2D eigenvalue weighted by molar-refractivity contribution is -0.143. The summed E-state index contributed by atoms with van der Waals surface area (Å²) in [7, 11) is 3.32. The number of para-hydroxylation sites is 1. The zero-order valence-corrected chi connectivity index (χ0v) is 14.3. The molecule has 1 aliphatic rings. The summed E-state index contributed by atoms with van der Waals surface area (Å²) in [6.45, 7) is 1.30. The number of aliphatic carboxylic acids is 1. The highest BCUT2D eigenvalue weighted by Gasteiger charge is 2.31. The zero-order chi connectivity index (χ0) is 17.8. The fraction of sp³-hybridized carbons (Fsp3) is 0.471. The molecule has 0 saturated heterocycles. The molecule has 0 aliphatic carbocycles. The Morgan fingerprint density at radius 3 is 3.08 bits per heavy atom. The largest absolute Gasteiger partial charge is 0.493 e. The first-order valence-corrected chi connectivity index (χ1v) is 8.08. The van der Waals surface area contributed by atoms with Gasteiger partial charge in [-0.15, -0.1) is 0 Å². The number of hydrogen-bond donors (Lipinski definition) is 1. The number of hydrogen-bond acceptors (Lipinski definition) is 7. The number of methoxy groups -OCH3 is 1. The summed E-state index contributed by atoms with van der Waals surface area (Å²) >= 11 is 0. The third-order valence-corrected chi connectivity index (χ3v) is 4.14. The molecule has 2 aromatic rings. The minimum absolute atomic E-state index is 0.223. The molecule has 0 bridgehead atoms. The Labute approximate surface area is 145 Å². The molecule has 8 nitrogen and oxygen atoms in total. The van der Waals surface area contributed by atoms with Crippen LogP contribution in [-0.2, 0) is 28.9 Å². The van der Waals surface area contributed by atoms with Gasteiger partial charge < -0.3 is 19.1 Å². The Balaban J connectivity index is 1.78. The summed E-state index contributed by atoms with van der Waals surface area (Å²) in [6.07, 6.45) is 1.35. The van der Waals surface area contributed by atoms with Crippen molar-refractivity contribution >= 4 is 5.97 Å². The number of ether oxygens (including phenoxy) is 2. The van der Waals surface area contributed by atoms with E-state index in [1.165, 1.54) is 0 Å². The average molecular weight is 347 g/mol. The minimum atomic E-state index is -0.953. The van der Waals surface area contributed by atoms with E-state index in [0.717, 1.165) is 12.0 Å². The Kier molecular flexibility index (Phi) is 5.30. The van der Waals surface area contributed by atoms with Gasteiger partial charge in [-0.25, -0.2) is 0 Å². The van der Waals surface area contributed by atoms with Crippen LogP contribution in [0.2, 0.25) is 0 Å². The molecule has 134 valence electrons. The maximum Gasteiger partial charge on any atom is 0.325 e. The molecule has 0 saturated carbocycles. The van der Waals surface area contributed by atoms with Gasteiger partial charge in [-0.2, -0.15) is 4.98 Å². The van der Waals surface area contributed by atoms with Crippen LogP contribution in [0.25, 0.3) is 0 Å². The topological polar surface area (TPSA) is 97.9 Å². The van der Waals surface area contributed by atoms with E-state index < -0.39 is 12.0 Å². The van der Waals surface area contributed by atoms with Gasteiger partial charge in [-0.1, -0.05) is 23.4 Å². The summed E-state index contributed by atoms with van der Waals surface area (Å²) in [5, 5.41) is 13.6. The lowest BCUT2D eigenvalue weighted by Gasteiger charge is -2.24. The van der Waals surface area contributed by atoms with Gasteiger partial charge in [0.2, 0.25) is 5.89 Å². The van der Waals surface area contributed by atoms with Crippen molar-refractivity contribution in [2.45, 2.75) is 25.4 Å². The Bertz CT molecular complexity index is 746. The first kappa shape index (κ1) is 17.4. The van der Waals surface area contributed by atoms with Gasteiger partial charge in [0, 0.05) is 25.5 Å². The van der Waals surface area contributed by atoms with Crippen molar-refractivity contribution in [3.8, 4) is 5.75 Å². The Hall–Kier alpha value is -2.45. The van der Waals surface area contributed by atoms with Crippen LogP contribution in [0.1, 0.15) is 28.9 Å². The molecule has 25 heavy (non-hydrogen) atoms. The van der Waals surface area contributed by atoms with E-state index in [1.54, 1.807) is 25.1 Å². The van der Waals surface area contributed by atoms with Gasteiger partial charge in [0.05, 0.1) is 19.8 Å². The van der Waals surface area contributed by atoms with Gasteiger partial charge in [-0.05, 0) is 12.6 Å². The highest BCUT2D eigenvalue weighted by atomic mass is 16.5. The van der Waals surface area contributed by atoms with Crippen LogP contribution in [0.5, 0.6) is 5.75 Å². The Morgan fingerprint density at radius 1 is 1.48 bits per heavy atom. The lowest BCUT2D eigenvalue weighted by atomic mass is 10.0. The van der Waals surface area contributed by atoms with Crippen molar-refractivity contribution in [3.05, 3.63) is 41.0 Å². The van der Waals surface area contributed by atoms with Gasteiger partial charge in [0.15, 0.2) is 5.82 Å². The fourth-order valence-corrected chi connectivity index (χ4v) is 2.97. The van der Waals surface area contributed by atoms with E-state index in [1.807, 2.05) is 12.1 Å². The number of nitrogens with zero attached hydrogens (tertiary/aromatic N) is 3. The van der Waals surface area contributed by atoms with Crippen LogP contribution in [0.3, 0.4) is 0 Å². The monoisotopic (exact) mass is 347 g/mol. The van der Waals surface area contributed by atoms with E-state index in [-0.39, 0.29) is 6.54 Å². The highest BCUT2D eigenvalue weighted by molar-refractivity contribution is 5.77. The second kappa shape index (κ2) is 7.62. The molecule has 0 fully saturated rings. The minimum Gasteiger partial charge on any atom is -0.493 e. The van der Waals surface area contributed by atoms with Crippen molar-refractivity contribution in [1.82, 2.24) is 15.0 Å². The maximum atomic E-state index is 11.9. The van der Waals surface area contributed by atoms with Crippen molar-refractivity contribution in [1.29, 1.82) is 0 Å². The summed E-state index contributed by atoms with van der Waals surface area (Å²) in [5.74, 6) is 0.632. The molecule has 3 rings (SSSR count). The number of carboxylic acid groups (broad SMARTS) is 1. The van der Waals surface area contributed by atoms with Crippen molar-refractivity contribution in [2.24, 2.45) is 0 Å². The summed E-state index contributed by atoms with van der Waals surface area (Å²) < 4.78 is 15.8. The van der Waals surface area contributed by atoms with Crippen LogP contribution in [0, 0.1) is 0 Å². The number of aromatic nitrogens is 2. The molecular formula is C17H21N3O5. The predicted molar refractivity (Wildman–Crippen MR) is 87.4 cm³/mol. The molecule has 1 atom stereocenters. The predicted octanol–water partition coefficient (Wildman–Crippen LogP) is 1.45. The lowest BCUT2D eigenvalue weighted by Crippen LogP contribution is -2.31. The second-order valence-electron chi connectivity index (χ2n) is 5.94. The molecule has 0 unspecified atom stereocenters. The molecule has 8 heteroatoms. The van der Waals surface area contributed by atoms with Crippen molar-refractivity contribution < 1.29 is 23.9 Å². The SMILES string of the molecule is COCCc1noc(CN(C)[C@@H](C(=O)O)c2cccc3c2OCC3)n1. The first-order valence-electron chi connectivity index (χ1n) is 8.08. The number of likely N-dealkylation sites (N-methyl/N-ethyl adjacent to an activating group) is 1. The normalized spacial score (nSPS) is 14.4. The number of carboxylic acids is 1. The van der Waals surface area contributed by atoms with E-state index in [9.17, 15) is 9.90 Å². The number of benzene rings is 1. The van der Waals surface area contributed by atoms with Crippen LogP contribution >= 0.6 is 0 Å². The second-order valence-corrected chi connectivity index (χ2v) is 5.94. The first-order chi connectivity index (χ1) is 12.1. The van der Waals surface area contributed by atoms with Crippen molar-refractivity contribution in [2.75, 3.05) is 27.4 Å². The molecule has 1 aliphatic heterocycles. The van der Waals surface area contributed by atoms with E-state index >= 15 is 0 Å². The van der Waals surface area contributed by atoms with E-state index in [2.05, 4.69) is 10.1 Å². The quantitative estimate of drug-likeness (QED) is 0.766. The van der Waals surface area contributed by atoms with Gasteiger partial charge in [-0.3, -0.25) is 9.69 Å². The molecule has 0 amide bonds. The summed E-state index contributed by atoms with van der Waals surface area (Å²) in [5.41, 5.74) is 1.68. The number of fused-ring (bicyclic) bond motifs is 1. The molecule has 2 heterocycles. The third-order valence-electron chi connectivity index (χ3n) is 4.14. The van der Waals surface area contributed by atoms with Crippen molar-refractivity contribution in [3.63, 3.8) is 0 Å². The molecule has 0 spiro atoms. The maximum absolute atomic E-state index is 11.9. The van der Waals surface area contributed by atoms with Gasteiger partial charge >= 0.3 is 5.97 Å². The highest BCUT2D eigenvalue weighted by Crippen LogP contribution is 2.36.